The zero-order valence-corrected chi connectivity index (χ0v) is 13.5. The minimum absolute atomic E-state index is 0.130. The van der Waals surface area contributed by atoms with Crippen molar-refractivity contribution in [1.82, 2.24) is 0 Å². The van der Waals surface area contributed by atoms with E-state index in [4.69, 9.17) is 11.6 Å². The number of nitrogens with one attached hydrogen (secondary N) is 1. The Morgan fingerprint density at radius 2 is 1.89 bits per heavy atom. The molecule has 0 aliphatic carbocycles. The first-order chi connectivity index (χ1) is 8.70. The van der Waals surface area contributed by atoms with Gasteiger partial charge in [0.25, 0.3) is 0 Å². The standard InChI is InChI=1S/C14H22ClNO2S/c1-5-10-19(17,18)13-9-7-6-8-12(13)16-14(3,4)11(2)15/h6-9,11,16H,5,10H2,1-4H3. The summed E-state index contributed by atoms with van der Waals surface area (Å²) < 4.78 is 24.5. The zero-order chi connectivity index (χ0) is 14.7. The summed E-state index contributed by atoms with van der Waals surface area (Å²) >= 11 is 6.14. The van der Waals surface area contributed by atoms with Gasteiger partial charge in [-0.05, 0) is 39.3 Å². The van der Waals surface area contributed by atoms with E-state index in [1.54, 1.807) is 18.2 Å². The van der Waals surface area contributed by atoms with Crippen LogP contribution < -0.4 is 5.32 Å². The largest absolute Gasteiger partial charge is 0.378 e. The molecule has 0 radical (unpaired) electrons. The van der Waals surface area contributed by atoms with Crippen LogP contribution in [-0.4, -0.2) is 25.1 Å². The number of hydrogen-bond acceptors (Lipinski definition) is 3. The maximum Gasteiger partial charge on any atom is 0.180 e. The van der Waals surface area contributed by atoms with Gasteiger partial charge < -0.3 is 5.32 Å². The summed E-state index contributed by atoms with van der Waals surface area (Å²) in [5, 5.41) is 3.11. The number of para-hydroxylation sites is 1. The Hall–Kier alpha value is -0.740. The van der Waals surface area contributed by atoms with Crippen LogP contribution in [0.3, 0.4) is 0 Å². The van der Waals surface area contributed by atoms with Gasteiger partial charge >= 0.3 is 0 Å². The SMILES string of the molecule is CCCS(=O)(=O)c1ccccc1NC(C)(C)C(C)Cl. The summed E-state index contributed by atoms with van der Waals surface area (Å²) in [5.41, 5.74) is 0.229. The molecule has 1 N–H and O–H groups in total. The fraction of sp³-hybridized carbons (Fsp3) is 0.571. The molecule has 0 amide bonds. The first-order valence-electron chi connectivity index (χ1n) is 6.44. The molecule has 0 heterocycles. The highest BCUT2D eigenvalue weighted by molar-refractivity contribution is 7.91. The molecule has 0 bridgehead atoms. The molecule has 108 valence electrons. The van der Waals surface area contributed by atoms with Gasteiger partial charge in [0.2, 0.25) is 0 Å². The topological polar surface area (TPSA) is 46.2 Å². The van der Waals surface area contributed by atoms with E-state index in [0.29, 0.717) is 17.0 Å². The molecule has 0 aromatic heterocycles. The van der Waals surface area contributed by atoms with E-state index < -0.39 is 9.84 Å². The number of sulfone groups is 1. The minimum Gasteiger partial charge on any atom is -0.378 e. The quantitative estimate of drug-likeness (QED) is 0.815. The highest BCUT2D eigenvalue weighted by Gasteiger charge is 2.26. The predicted molar refractivity (Wildman–Crippen MR) is 81.8 cm³/mol. The third kappa shape index (κ3) is 4.11. The molecule has 5 heteroatoms. The third-order valence-electron chi connectivity index (χ3n) is 3.15. The Labute approximate surface area is 121 Å². The van der Waals surface area contributed by atoms with Crippen LogP contribution in [0.5, 0.6) is 0 Å². The van der Waals surface area contributed by atoms with Crippen molar-refractivity contribution in [2.24, 2.45) is 0 Å². The monoisotopic (exact) mass is 303 g/mol. The van der Waals surface area contributed by atoms with Gasteiger partial charge in [-0.15, -0.1) is 11.6 Å². The van der Waals surface area contributed by atoms with Crippen LogP contribution in [0.2, 0.25) is 0 Å². The number of benzene rings is 1. The van der Waals surface area contributed by atoms with Crippen molar-refractivity contribution in [3.05, 3.63) is 24.3 Å². The Bertz CT molecular complexity index is 524. The summed E-state index contributed by atoms with van der Waals surface area (Å²) in [7, 11) is -3.24. The van der Waals surface area contributed by atoms with Crippen LogP contribution in [0.25, 0.3) is 0 Å². The highest BCUT2D eigenvalue weighted by atomic mass is 35.5. The second kappa shape index (κ2) is 6.14. The first kappa shape index (κ1) is 16.3. The first-order valence-corrected chi connectivity index (χ1v) is 8.53. The summed E-state index contributed by atoms with van der Waals surface area (Å²) in [6.45, 7) is 7.65. The van der Waals surface area contributed by atoms with Gasteiger partial charge in [0, 0.05) is 5.54 Å². The molecule has 1 aromatic rings. The number of halogens is 1. The number of anilines is 1. The molecular weight excluding hydrogens is 282 g/mol. The fourth-order valence-corrected chi connectivity index (χ4v) is 3.22. The van der Waals surface area contributed by atoms with Crippen molar-refractivity contribution in [3.8, 4) is 0 Å². The molecule has 0 aliphatic heterocycles. The maximum atomic E-state index is 12.2. The van der Waals surface area contributed by atoms with Gasteiger partial charge in [0.1, 0.15) is 0 Å². The van der Waals surface area contributed by atoms with Crippen LogP contribution in [0.15, 0.2) is 29.2 Å². The average Bonchev–Trinajstić information content (AvgIpc) is 2.28. The summed E-state index contributed by atoms with van der Waals surface area (Å²) in [4.78, 5) is 0.349. The lowest BCUT2D eigenvalue weighted by atomic mass is 10.0. The highest BCUT2D eigenvalue weighted by Crippen LogP contribution is 2.28. The van der Waals surface area contributed by atoms with Crippen LogP contribution in [0, 0.1) is 0 Å². The molecule has 1 rings (SSSR count). The molecule has 1 unspecified atom stereocenters. The maximum absolute atomic E-state index is 12.2. The van der Waals surface area contributed by atoms with Gasteiger partial charge in [-0.2, -0.15) is 0 Å². The van der Waals surface area contributed by atoms with Gasteiger partial charge in [-0.3, -0.25) is 0 Å². The Balaban J connectivity index is 3.18. The van der Waals surface area contributed by atoms with Gasteiger partial charge in [0.15, 0.2) is 9.84 Å². The molecule has 0 aliphatic rings. The summed E-state index contributed by atoms with van der Waals surface area (Å²) in [5.74, 6) is 0.155. The number of alkyl halides is 1. The lowest BCUT2D eigenvalue weighted by molar-refractivity contribution is 0.552. The number of hydrogen-bond donors (Lipinski definition) is 1. The summed E-state index contributed by atoms with van der Waals surface area (Å²) in [6.07, 6.45) is 0.603. The lowest BCUT2D eigenvalue weighted by Gasteiger charge is -2.31. The van der Waals surface area contributed by atoms with Crippen molar-refractivity contribution in [2.75, 3.05) is 11.1 Å². The van der Waals surface area contributed by atoms with Crippen molar-refractivity contribution in [1.29, 1.82) is 0 Å². The number of rotatable bonds is 6. The summed E-state index contributed by atoms with van der Waals surface area (Å²) in [6, 6.07) is 6.99. The van der Waals surface area contributed by atoms with E-state index >= 15 is 0 Å². The van der Waals surface area contributed by atoms with E-state index in [0.717, 1.165) is 0 Å². The Morgan fingerprint density at radius 1 is 1.32 bits per heavy atom. The van der Waals surface area contributed by atoms with E-state index in [9.17, 15) is 8.42 Å². The molecule has 0 fully saturated rings. The average molecular weight is 304 g/mol. The van der Waals surface area contributed by atoms with Gasteiger partial charge in [0.05, 0.1) is 21.7 Å². The van der Waals surface area contributed by atoms with Crippen molar-refractivity contribution >= 4 is 27.1 Å². The second-order valence-corrected chi connectivity index (χ2v) is 8.01. The molecule has 19 heavy (non-hydrogen) atoms. The van der Waals surface area contributed by atoms with E-state index in [1.165, 1.54) is 0 Å². The van der Waals surface area contributed by atoms with Crippen LogP contribution in [0.4, 0.5) is 5.69 Å². The van der Waals surface area contributed by atoms with Crippen LogP contribution >= 0.6 is 11.6 Å². The van der Waals surface area contributed by atoms with E-state index in [1.807, 2.05) is 33.8 Å². The molecule has 0 saturated heterocycles. The molecule has 0 spiro atoms. The normalized spacial score (nSPS) is 14.2. The van der Waals surface area contributed by atoms with E-state index in [-0.39, 0.29) is 16.7 Å². The molecular formula is C14H22ClNO2S. The third-order valence-corrected chi connectivity index (χ3v) is 5.66. The molecule has 0 saturated carbocycles. The van der Waals surface area contributed by atoms with Crippen LogP contribution in [-0.2, 0) is 9.84 Å². The second-order valence-electron chi connectivity index (χ2n) is 5.28. The van der Waals surface area contributed by atoms with Crippen molar-refractivity contribution in [3.63, 3.8) is 0 Å². The van der Waals surface area contributed by atoms with Crippen molar-refractivity contribution in [2.45, 2.75) is 49.9 Å². The lowest BCUT2D eigenvalue weighted by Crippen LogP contribution is -2.39. The van der Waals surface area contributed by atoms with E-state index in [2.05, 4.69) is 5.32 Å². The Morgan fingerprint density at radius 3 is 2.42 bits per heavy atom. The zero-order valence-electron chi connectivity index (χ0n) is 11.9. The molecule has 3 nitrogen and oxygen atoms in total. The molecule has 1 atom stereocenters. The van der Waals surface area contributed by atoms with Gasteiger partial charge in [-0.1, -0.05) is 19.1 Å². The van der Waals surface area contributed by atoms with Gasteiger partial charge in [-0.25, -0.2) is 8.42 Å². The minimum atomic E-state index is -3.24. The van der Waals surface area contributed by atoms with Crippen LogP contribution in [0.1, 0.15) is 34.1 Å². The predicted octanol–water partition coefficient (Wildman–Crippen LogP) is 3.69. The Kier molecular flexibility index (Phi) is 5.27. The van der Waals surface area contributed by atoms with Crippen molar-refractivity contribution < 1.29 is 8.42 Å². The molecule has 1 aromatic carbocycles. The fourth-order valence-electron chi connectivity index (χ4n) is 1.67. The smallest absolute Gasteiger partial charge is 0.180 e.